The number of carbonyl (C=O) groups excluding carboxylic acids is 2. The summed E-state index contributed by atoms with van der Waals surface area (Å²) in [6.45, 7) is 4.22. The molecule has 2 amide bonds. The van der Waals surface area contributed by atoms with Crippen molar-refractivity contribution in [1.29, 1.82) is 0 Å². The summed E-state index contributed by atoms with van der Waals surface area (Å²) < 4.78 is 2.07. The molecule has 7 nitrogen and oxygen atoms in total. The van der Waals surface area contributed by atoms with Crippen LogP contribution in [-0.4, -0.2) is 80.8 Å². The normalized spacial score (nSPS) is 18.0. The van der Waals surface area contributed by atoms with Gasteiger partial charge in [0.2, 0.25) is 0 Å². The van der Waals surface area contributed by atoms with E-state index in [1.54, 1.807) is 18.0 Å². The maximum Gasteiger partial charge on any atom is 0.293 e. The number of imidazole rings is 1. The molecule has 0 spiro atoms. The molecule has 0 N–H and O–H groups in total. The third kappa shape index (κ3) is 6.95. The summed E-state index contributed by atoms with van der Waals surface area (Å²) in [6, 6.07) is 6.08. The summed E-state index contributed by atoms with van der Waals surface area (Å²) in [6.07, 6.45) is 7.39. The largest absolute Gasteiger partial charge is 0.374 e. The van der Waals surface area contributed by atoms with Crippen molar-refractivity contribution in [1.82, 2.24) is 24.1 Å². The first kappa shape index (κ1) is 28.9. The number of amides is 2. The Morgan fingerprint density at radius 1 is 1.09 bits per heavy atom. The highest BCUT2D eigenvalue weighted by Crippen LogP contribution is 2.31. The standard InChI is InChI=1S/C20H25N5O2S2.3ClH/c1-22-10-12-23(13-11-22)15-16-19(26)25(20(27)29-16)8-2-3-14-28-18-6-4-5-17-21-7-9-24(17)18;;;/h4-7,9,15H,2-3,8,10-14H2,1H3;3*1H/b16-15-;;;. The van der Waals surface area contributed by atoms with Gasteiger partial charge in [-0.1, -0.05) is 6.07 Å². The Bertz CT molecular complexity index is 935. The lowest BCUT2D eigenvalue weighted by Gasteiger charge is -2.31. The number of unbranched alkanes of at least 4 members (excludes halogenated alkanes) is 1. The van der Waals surface area contributed by atoms with Gasteiger partial charge in [-0.15, -0.1) is 49.0 Å². The van der Waals surface area contributed by atoms with E-state index in [-0.39, 0.29) is 48.4 Å². The Morgan fingerprint density at radius 2 is 1.84 bits per heavy atom. The minimum atomic E-state index is -0.147. The van der Waals surface area contributed by atoms with Crippen LogP contribution in [0.25, 0.3) is 5.65 Å². The molecule has 0 aromatic carbocycles. The number of hydrogen-bond donors (Lipinski definition) is 0. The zero-order chi connectivity index (χ0) is 20.2. The molecular formula is C20H28Cl3N5O2S2. The quantitative estimate of drug-likeness (QED) is 0.295. The summed E-state index contributed by atoms with van der Waals surface area (Å²) in [4.78, 5) is 35.6. The lowest BCUT2D eigenvalue weighted by atomic mass is 10.3. The van der Waals surface area contributed by atoms with Crippen molar-refractivity contribution in [3.05, 3.63) is 41.7 Å². The Labute approximate surface area is 215 Å². The van der Waals surface area contributed by atoms with Gasteiger partial charge in [0, 0.05) is 51.3 Å². The monoisotopic (exact) mass is 539 g/mol. The average molecular weight is 541 g/mol. The molecule has 2 aliphatic heterocycles. The summed E-state index contributed by atoms with van der Waals surface area (Å²) in [7, 11) is 2.10. The Kier molecular flexibility index (Phi) is 12.3. The maximum absolute atomic E-state index is 12.6. The first-order valence-electron chi connectivity index (χ1n) is 9.85. The molecule has 4 rings (SSSR count). The summed E-state index contributed by atoms with van der Waals surface area (Å²) in [5.74, 6) is 0.791. The fourth-order valence-electron chi connectivity index (χ4n) is 3.39. The lowest BCUT2D eigenvalue weighted by Crippen LogP contribution is -2.42. The maximum atomic E-state index is 12.6. The Morgan fingerprint density at radius 3 is 2.59 bits per heavy atom. The first-order chi connectivity index (χ1) is 14.1. The van der Waals surface area contributed by atoms with E-state index in [2.05, 4.69) is 32.3 Å². The predicted molar refractivity (Wildman–Crippen MR) is 139 cm³/mol. The number of hydrogen-bond acceptors (Lipinski definition) is 7. The molecule has 2 aromatic heterocycles. The van der Waals surface area contributed by atoms with E-state index in [9.17, 15) is 9.59 Å². The van der Waals surface area contributed by atoms with E-state index in [0.29, 0.717) is 11.4 Å². The van der Waals surface area contributed by atoms with E-state index in [1.165, 1.54) is 4.90 Å². The van der Waals surface area contributed by atoms with Crippen LogP contribution in [-0.2, 0) is 4.79 Å². The van der Waals surface area contributed by atoms with Gasteiger partial charge in [-0.2, -0.15) is 0 Å². The van der Waals surface area contributed by atoms with Crippen LogP contribution < -0.4 is 0 Å². The Balaban J connectivity index is 0.00000171. The second kappa shape index (κ2) is 13.6. The number of piperazine rings is 1. The van der Waals surface area contributed by atoms with Gasteiger partial charge in [-0.05, 0) is 49.5 Å². The number of carbonyl (C=O) groups is 2. The molecule has 4 heterocycles. The fourth-order valence-corrected chi connectivity index (χ4v) is 5.29. The highest BCUT2D eigenvalue weighted by molar-refractivity contribution is 8.18. The number of pyridine rings is 1. The topological polar surface area (TPSA) is 61.2 Å². The molecule has 2 aliphatic rings. The number of halogens is 3. The number of rotatable bonds is 7. The minimum Gasteiger partial charge on any atom is -0.374 e. The average Bonchev–Trinajstić information content (AvgIpc) is 3.30. The van der Waals surface area contributed by atoms with Crippen molar-refractivity contribution in [3.63, 3.8) is 0 Å². The van der Waals surface area contributed by atoms with Gasteiger partial charge in [-0.3, -0.25) is 18.9 Å². The number of thioether (sulfide) groups is 2. The molecule has 178 valence electrons. The lowest BCUT2D eigenvalue weighted by molar-refractivity contribution is -0.122. The van der Waals surface area contributed by atoms with Gasteiger partial charge in [0.1, 0.15) is 5.65 Å². The minimum absolute atomic E-state index is 0. The van der Waals surface area contributed by atoms with E-state index in [0.717, 1.165) is 67.2 Å². The molecule has 0 radical (unpaired) electrons. The van der Waals surface area contributed by atoms with Crippen LogP contribution in [0.3, 0.4) is 0 Å². The number of imide groups is 1. The van der Waals surface area contributed by atoms with Gasteiger partial charge in [0.15, 0.2) is 0 Å². The molecule has 0 aliphatic carbocycles. The van der Waals surface area contributed by atoms with Crippen LogP contribution >= 0.6 is 60.7 Å². The smallest absolute Gasteiger partial charge is 0.293 e. The van der Waals surface area contributed by atoms with Crippen LogP contribution in [0.1, 0.15) is 12.8 Å². The number of likely N-dealkylation sites (N-methyl/N-ethyl adjacent to an activating group) is 1. The number of aromatic nitrogens is 2. The molecule has 2 saturated heterocycles. The second-order valence-corrected chi connectivity index (χ2v) is 9.34. The van der Waals surface area contributed by atoms with Crippen LogP contribution in [0.15, 0.2) is 46.7 Å². The SMILES string of the molecule is CN1CCN(/C=C2\SC(=O)N(CCCCSc3cccc4nccn34)C2=O)CC1.Cl.Cl.Cl. The molecule has 2 aromatic rings. The highest BCUT2D eigenvalue weighted by atomic mass is 35.5. The third-order valence-electron chi connectivity index (χ3n) is 5.13. The van der Waals surface area contributed by atoms with Crippen molar-refractivity contribution in [2.24, 2.45) is 0 Å². The number of fused-ring (bicyclic) bond motifs is 1. The van der Waals surface area contributed by atoms with Gasteiger partial charge in [0.25, 0.3) is 11.1 Å². The van der Waals surface area contributed by atoms with Gasteiger partial charge in [-0.25, -0.2) is 4.98 Å². The molecule has 12 heteroatoms. The van der Waals surface area contributed by atoms with E-state index in [1.807, 2.05) is 24.5 Å². The van der Waals surface area contributed by atoms with Gasteiger partial charge in [0.05, 0.1) is 9.93 Å². The third-order valence-corrected chi connectivity index (χ3v) is 7.14. The zero-order valence-electron chi connectivity index (χ0n) is 17.7. The molecule has 2 fully saturated rings. The van der Waals surface area contributed by atoms with Crippen molar-refractivity contribution < 1.29 is 9.59 Å². The second-order valence-electron chi connectivity index (χ2n) is 7.23. The van der Waals surface area contributed by atoms with Crippen molar-refractivity contribution in [3.8, 4) is 0 Å². The van der Waals surface area contributed by atoms with E-state index >= 15 is 0 Å². The van der Waals surface area contributed by atoms with Crippen molar-refractivity contribution in [2.75, 3.05) is 45.5 Å². The Hall–Kier alpha value is -1.10. The zero-order valence-corrected chi connectivity index (χ0v) is 21.8. The van der Waals surface area contributed by atoms with Crippen LogP contribution in [0.2, 0.25) is 0 Å². The van der Waals surface area contributed by atoms with Gasteiger partial charge < -0.3 is 9.80 Å². The summed E-state index contributed by atoms with van der Waals surface area (Å²) >= 11 is 2.84. The van der Waals surface area contributed by atoms with Crippen LogP contribution in [0.4, 0.5) is 4.79 Å². The van der Waals surface area contributed by atoms with E-state index < -0.39 is 0 Å². The van der Waals surface area contributed by atoms with Crippen LogP contribution in [0, 0.1) is 0 Å². The van der Waals surface area contributed by atoms with Crippen LogP contribution in [0.5, 0.6) is 0 Å². The first-order valence-corrected chi connectivity index (χ1v) is 11.6. The highest BCUT2D eigenvalue weighted by Gasteiger charge is 2.35. The molecule has 32 heavy (non-hydrogen) atoms. The van der Waals surface area contributed by atoms with Crippen molar-refractivity contribution in [2.45, 2.75) is 17.9 Å². The predicted octanol–water partition coefficient (Wildman–Crippen LogP) is 4.26. The summed E-state index contributed by atoms with van der Waals surface area (Å²) in [5, 5.41) is 1.01. The number of nitrogens with zero attached hydrogens (tertiary/aromatic N) is 5. The van der Waals surface area contributed by atoms with Gasteiger partial charge >= 0.3 is 0 Å². The van der Waals surface area contributed by atoms with Crippen molar-refractivity contribution >= 4 is 77.5 Å². The fraction of sp³-hybridized carbons (Fsp3) is 0.450. The molecule has 0 bridgehead atoms. The van der Waals surface area contributed by atoms with E-state index in [4.69, 9.17) is 0 Å². The molecule has 0 atom stereocenters. The molecular weight excluding hydrogens is 513 g/mol. The molecule has 0 unspecified atom stereocenters. The summed E-state index contributed by atoms with van der Waals surface area (Å²) in [5.41, 5.74) is 0.944. The molecule has 0 saturated carbocycles.